The number of rotatable bonds is 6. The molecular formula is C20H22BrNO4. The molecule has 1 amide bonds. The van der Waals surface area contributed by atoms with Gasteiger partial charge in [-0.1, -0.05) is 44.1 Å². The summed E-state index contributed by atoms with van der Waals surface area (Å²) in [6, 6.07) is 7.61. The molecule has 0 N–H and O–H groups in total. The van der Waals surface area contributed by atoms with E-state index in [0.29, 0.717) is 13.2 Å². The highest BCUT2D eigenvalue weighted by atomic mass is 79.9. The number of benzene rings is 1. The van der Waals surface area contributed by atoms with E-state index >= 15 is 0 Å². The average Bonchev–Trinajstić information content (AvgIpc) is 3.27. The van der Waals surface area contributed by atoms with Crippen LogP contribution in [0, 0.1) is 11.8 Å². The van der Waals surface area contributed by atoms with Gasteiger partial charge in [-0.15, -0.1) is 0 Å². The van der Waals surface area contributed by atoms with E-state index < -0.39 is 17.4 Å². The number of hydrogen-bond acceptors (Lipinski definition) is 4. The molecular weight excluding hydrogens is 398 g/mol. The van der Waals surface area contributed by atoms with Gasteiger partial charge in [0, 0.05) is 4.47 Å². The number of amides is 1. The third-order valence-corrected chi connectivity index (χ3v) is 6.18. The summed E-state index contributed by atoms with van der Waals surface area (Å²) in [6.07, 6.45) is 6.45. The zero-order valence-electron chi connectivity index (χ0n) is 14.7. The lowest BCUT2D eigenvalue weighted by Crippen LogP contribution is -2.40. The number of ether oxygens (including phenoxy) is 2. The van der Waals surface area contributed by atoms with Crippen molar-refractivity contribution in [3.05, 3.63) is 40.9 Å². The van der Waals surface area contributed by atoms with E-state index in [-0.39, 0.29) is 18.0 Å². The van der Waals surface area contributed by atoms with E-state index in [9.17, 15) is 9.59 Å². The van der Waals surface area contributed by atoms with E-state index in [1.807, 2.05) is 36.4 Å². The van der Waals surface area contributed by atoms with Crippen LogP contribution in [-0.4, -0.2) is 36.7 Å². The average molecular weight is 420 g/mol. The van der Waals surface area contributed by atoms with Crippen molar-refractivity contribution >= 4 is 33.5 Å². The van der Waals surface area contributed by atoms with Gasteiger partial charge in [0.15, 0.2) is 0 Å². The van der Waals surface area contributed by atoms with Gasteiger partial charge in [0.2, 0.25) is 5.91 Å². The van der Waals surface area contributed by atoms with Crippen LogP contribution in [0.5, 0.6) is 0 Å². The molecule has 5 nitrogen and oxygen atoms in total. The molecule has 4 rings (SSSR count). The van der Waals surface area contributed by atoms with E-state index in [4.69, 9.17) is 9.47 Å². The van der Waals surface area contributed by atoms with Crippen LogP contribution in [0.1, 0.15) is 26.2 Å². The minimum atomic E-state index is -0.718. The van der Waals surface area contributed by atoms with Crippen molar-refractivity contribution in [2.45, 2.75) is 37.9 Å². The molecule has 4 atom stereocenters. The van der Waals surface area contributed by atoms with Crippen LogP contribution < -0.4 is 4.90 Å². The molecule has 0 aliphatic carbocycles. The van der Waals surface area contributed by atoms with Crippen molar-refractivity contribution in [1.29, 1.82) is 0 Å². The first-order valence-corrected chi connectivity index (χ1v) is 9.96. The summed E-state index contributed by atoms with van der Waals surface area (Å²) < 4.78 is 12.4. The lowest BCUT2D eigenvalue weighted by molar-refractivity contribution is -0.152. The maximum Gasteiger partial charge on any atom is 0.312 e. The highest BCUT2D eigenvalue weighted by Crippen LogP contribution is 2.53. The van der Waals surface area contributed by atoms with E-state index in [2.05, 4.69) is 22.9 Å². The van der Waals surface area contributed by atoms with Crippen LogP contribution in [0.2, 0.25) is 0 Å². The predicted octanol–water partition coefficient (Wildman–Crippen LogP) is 3.47. The van der Waals surface area contributed by atoms with Crippen LogP contribution in [-0.2, 0) is 19.1 Å². The van der Waals surface area contributed by atoms with Crippen LogP contribution >= 0.6 is 15.9 Å². The number of unbranched alkanes of at least 4 members (excludes halogenated alkanes) is 2. The van der Waals surface area contributed by atoms with Crippen LogP contribution in [0.15, 0.2) is 40.9 Å². The van der Waals surface area contributed by atoms with Gasteiger partial charge in [-0.05, 0) is 34.5 Å². The number of carbonyl (C=O) groups excluding carboxylic acids is 2. The Morgan fingerprint density at radius 2 is 2.19 bits per heavy atom. The van der Waals surface area contributed by atoms with Crippen molar-refractivity contribution in [2.24, 2.45) is 11.8 Å². The Morgan fingerprint density at radius 1 is 1.38 bits per heavy atom. The predicted molar refractivity (Wildman–Crippen MR) is 101 cm³/mol. The molecule has 138 valence electrons. The minimum Gasteiger partial charge on any atom is -0.465 e. The summed E-state index contributed by atoms with van der Waals surface area (Å²) in [7, 11) is 0. The van der Waals surface area contributed by atoms with Gasteiger partial charge < -0.3 is 14.4 Å². The maximum atomic E-state index is 13.2. The molecule has 6 heteroatoms. The zero-order valence-corrected chi connectivity index (χ0v) is 16.3. The van der Waals surface area contributed by atoms with Crippen LogP contribution in [0.25, 0.3) is 0 Å². The third kappa shape index (κ3) is 2.70. The molecule has 2 saturated heterocycles. The zero-order chi connectivity index (χ0) is 18.3. The first-order valence-electron chi connectivity index (χ1n) is 9.17. The van der Waals surface area contributed by atoms with Gasteiger partial charge in [0.25, 0.3) is 0 Å². The van der Waals surface area contributed by atoms with Gasteiger partial charge in [0.1, 0.15) is 11.5 Å². The Balaban J connectivity index is 1.56. The molecule has 0 aromatic heterocycles. The summed E-state index contributed by atoms with van der Waals surface area (Å²) in [5, 5.41) is 0. The normalized spacial score (nSPS) is 31.5. The summed E-state index contributed by atoms with van der Waals surface area (Å²) >= 11 is 3.51. The second kappa shape index (κ2) is 6.82. The van der Waals surface area contributed by atoms with E-state index in [1.54, 1.807) is 4.90 Å². The second-order valence-electron chi connectivity index (χ2n) is 7.15. The Bertz CT molecular complexity index is 764. The largest absolute Gasteiger partial charge is 0.465 e. The number of fused-ring (bicyclic) bond motifs is 1. The Hall–Kier alpha value is -1.66. The first-order chi connectivity index (χ1) is 12.6. The number of anilines is 1. The third-order valence-electron chi connectivity index (χ3n) is 5.51. The summed E-state index contributed by atoms with van der Waals surface area (Å²) in [5.41, 5.74) is 0.0845. The van der Waals surface area contributed by atoms with E-state index in [0.717, 1.165) is 29.4 Å². The fourth-order valence-electron chi connectivity index (χ4n) is 4.26. The molecule has 3 aliphatic rings. The van der Waals surface area contributed by atoms with Gasteiger partial charge in [-0.3, -0.25) is 9.59 Å². The lowest BCUT2D eigenvalue weighted by Gasteiger charge is -2.22. The van der Waals surface area contributed by atoms with Crippen LogP contribution in [0.3, 0.4) is 0 Å². The number of para-hydroxylation sites is 1. The second-order valence-corrected chi connectivity index (χ2v) is 8.00. The number of esters is 1. The number of hydrogen-bond donors (Lipinski definition) is 0. The molecule has 1 spiro atoms. The molecule has 3 heterocycles. The van der Waals surface area contributed by atoms with Crippen molar-refractivity contribution in [3.63, 3.8) is 0 Å². The fourth-order valence-corrected chi connectivity index (χ4v) is 4.76. The molecule has 0 unspecified atom stereocenters. The Morgan fingerprint density at radius 3 is 2.96 bits per heavy atom. The number of halogens is 1. The summed E-state index contributed by atoms with van der Waals surface area (Å²) in [6.45, 7) is 2.93. The van der Waals surface area contributed by atoms with Crippen molar-refractivity contribution in [1.82, 2.24) is 0 Å². The van der Waals surface area contributed by atoms with Crippen LogP contribution in [0.4, 0.5) is 5.69 Å². The van der Waals surface area contributed by atoms with E-state index in [1.165, 1.54) is 0 Å². The maximum absolute atomic E-state index is 13.2. The molecule has 2 bridgehead atoms. The topological polar surface area (TPSA) is 55.8 Å². The monoisotopic (exact) mass is 419 g/mol. The van der Waals surface area contributed by atoms with Gasteiger partial charge in [-0.25, -0.2) is 0 Å². The molecule has 2 fully saturated rings. The smallest absolute Gasteiger partial charge is 0.312 e. The quantitative estimate of drug-likeness (QED) is 0.402. The molecule has 0 radical (unpaired) electrons. The first kappa shape index (κ1) is 17.7. The Labute approximate surface area is 161 Å². The van der Waals surface area contributed by atoms with Gasteiger partial charge in [-0.2, -0.15) is 0 Å². The standard InChI is InChI=1S/C20H22BrNO4/c1-2-3-6-11-25-19(24)16-15-9-10-20(26-15)12-22(18(23)17(16)20)14-8-5-4-7-13(14)21/h4-5,7-10,15-17H,2-3,6,11-12H2,1H3/t15-,16-,17+,20+/m1/s1. The fraction of sp³-hybridized carbons (Fsp3) is 0.500. The molecule has 1 aromatic carbocycles. The van der Waals surface area contributed by atoms with Gasteiger partial charge >= 0.3 is 5.97 Å². The van der Waals surface area contributed by atoms with Crippen molar-refractivity contribution in [2.75, 3.05) is 18.1 Å². The SMILES string of the molecule is CCCCCOC(=O)[C@H]1[C@H]2C(=O)N(c3ccccc3Br)C[C@@]23C=C[C@H]1O3. The number of nitrogens with zero attached hydrogens (tertiary/aromatic N) is 1. The highest BCUT2D eigenvalue weighted by molar-refractivity contribution is 9.10. The summed E-state index contributed by atoms with van der Waals surface area (Å²) in [5.74, 6) is -1.45. The number of carbonyl (C=O) groups is 2. The molecule has 0 saturated carbocycles. The lowest BCUT2D eigenvalue weighted by atomic mass is 9.77. The van der Waals surface area contributed by atoms with Gasteiger partial charge in [0.05, 0.1) is 30.9 Å². The molecule has 3 aliphatic heterocycles. The highest BCUT2D eigenvalue weighted by Gasteiger charge is 2.67. The van der Waals surface area contributed by atoms with Crippen molar-refractivity contribution in [3.8, 4) is 0 Å². The summed E-state index contributed by atoms with van der Waals surface area (Å²) in [4.78, 5) is 27.6. The Kier molecular flexibility index (Phi) is 4.65. The molecule has 26 heavy (non-hydrogen) atoms. The minimum absolute atomic E-state index is 0.0701. The molecule has 1 aromatic rings. The van der Waals surface area contributed by atoms with Crippen molar-refractivity contribution < 1.29 is 19.1 Å².